The first-order chi connectivity index (χ1) is 12.3. The molecular weight excluding hydrogens is 388 g/mol. The second-order valence-electron chi connectivity index (χ2n) is 5.31. The number of hydroxylamine groups is 1. The molecule has 0 atom stereocenters. The molecule has 1 aliphatic heterocycles. The van der Waals surface area contributed by atoms with Crippen LogP contribution in [0.2, 0.25) is 5.02 Å². The van der Waals surface area contributed by atoms with Gasteiger partial charge in [0.1, 0.15) is 0 Å². The topological polar surface area (TPSA) is 102 Å². The van der Waals surface area contributed by atoms with Crippen LogP contribution < -0.4 is 0 Å². The predicted octanol–water partition coefficient (Wildman–Crippen LogP) is 0.538. The molecule has 0 unspecified atom stereocenters. The van der Waals surface area contributed by atoms with Crippen LogP contribution in [0.25, 0.3) is 0 Å². The number of carbonyl (C=O) groups is 2. The average Bonchev–Trinajstić information content (AvgIpc) is 2.65. The first-order valence-electron chi connectivity index (χ1n) is 7.62. The van der Waals surface area contributed by atoms with Crippen molar-refractivity contribution in [3.8, 4) is 0 Å². The van der Waals surface area contributed by atoms with Crippen molar-refractivity contribution in [1.29, 1.82) is 0 Å². The highest BCUT2D eigenvalue weighted by Gasteiger charge is 2.25. The van der Waals surface area contributed by atoms with Crippen LogP contribution in [0.1, 0.15) is 10.4 Å². The maximum atomic E-state index is 12.3. The number of nitrogens with zero attached hydrogens (tertiary/aromatic N) is 2. The molecule has 0 spiro atoms. The van der Waals surface area contributed by atoms with E-state index < -0.39 is 22.6 Å². The van der Waals surface area contributed by atoms with E-state index in [1.807, 2.05) is 0 Å². The van der Waals surface area contributed by atoms with E-state index in [0.717, 1.165) is 6.07 Å². The summed E-state index contributed by atoms with van der Waals surface area (Å²) in [4.78, 5) is 30.2. The molecule has 0 saturated carbocycles. The van der Waals surface area contributed by atoms with E-state index in [2.05, 4.69) is 4.84 Å². The molecule has 9 nitrogen and oxygen atoms in total. The van der Waals surface area contributed by atoms with E-state index >= 15 is 0 Å². The summed E-state index contributed by atoms with van der Waals surface area (Å²) in [7, 11) is -1.55. The monoisotopic (exact) mass is 406 g/mol. The van der Waals surface area contributed by atoms with Gasteiger partial charge in [-0.05, 0) is 18.2 Å². The summed E-state index contributed by atoms with van der Waals surface area (Å²) in [6.07, 6.45) is 0. The molecule has 0 aromatic heterocycles. The van der Waals surface area contributed by atoms with Crippen molar-refractivity contribution < 1.29 is 32.3 Å². The highest BCUT2D eigenvalue weighted by atomic mass is 35.5. The van der Waals surface area contributed by atoms with Crippen molar-refractivity contribution in [1.82, 2.24) is 9.37 Å². The number of carbonyl (C=O) groups excluding carboxylic acids is 2. The maximum absolute atomic E-state index is 12.3. The van der Waals surface area contributed by atoms with Crippen molar-refractivity contribution in [2.24, 2.45) is 0 Å². The summed E-state index contributed by atoms with van der Waals surface area (Å²) < 4.78 is 35.3. The van der Waals surface area contributed by atoms with Gasteiger partial charge >= 0.3 is 5.97 Å². The largest absolute Gasteiger partial charge is 0.452 e. The normalized spacial score (nSPS) is 15.2. The first-order valence-corrected chi connectivity index (χ1v) is 9.44. The second-order valence-corrected chi connectivity index (χ2v) is 7.65. The Bertz CT molecular complexity index is 778. The molecule has 26 heavy (non-hydrogen) atoms. The molecule has 0 bridgehead atoms. The van der Waals surface area contributed by atoms with Gasteiger partial charge in [-0.1, -0.05) is 16.1 Å². The minimum absolute atomic E-state index is 0.00726. The van der Waals surface area contributed by atoms with Gasteiger partial charge in [0.05, 0.1) is 35.8 Å². The molecule has 0 aliphatic carbocycles. The highest BCUT2D eigenvalue weighted by molar-refractivity contribution is 7.89. The standard InChI is InChI=1S/C15H19ClN2O7S/c1-17(23-2)26(21,22)11-3-4-13(16)12(9-11)15(20)25-10-14(19)18-5-7-24-8-6-18/h3-4,9H,5-8,10H2,1-2H3. The molecule has 11 heteroatoms. The number of ether oxygens (including phenoxy) is 2. The van der Waals surface area contributed by atoms with Crippen molar-refractivity contribution in [3.63, 3.8) is 0 Å². The van der Waals surface area contributed by atoms with E-state index in [1.54, 1.807) is 0 Å². The molecule has 2 rings (SSSR count). The lowest BCUT2D eigenvalue weighted by Crippen LogP contribution is -2.42. The predicted molar refractivity (Wildman–Crippen MR) is 91.1 cm³/mol. The molecule has 1 aromatic rings. The van der Waals surface area contributed by atoms with E-state index in [9.17, 15) is 18.0 Å². The Hall–Kier alpha value is -1.72. The van der Waals surface area contributed by atoms with Crippen molar-refractivity contribution in [3.05, 3.63) is 28.8 Å². The number of hydrogen-bond donors (Lipinski definition) is 0. The molecule has 144 valence electrons. The van der Waals surface area contributed by atoms with Crippen LogP contribution >= 0.6 is 11.6 Å². The van der Waals surface area contributed by atoms with Crippen molar-refractivity contribution in [2.75, 3.05) is 47.1 Å². The van der Waals surface area contributed by atoms with Crippen LogP contribution in [0.3, 0.4) is 0 Å². The minimum Gasteiger partial charge on any atom is -0.452 e. The summed E-state index contributed by atoms with van der Waals surface area (Å²) in [5.74, 6) is -1.26. The lowest BCUT2D eigenvalue weighted by atomic mass is 10.2. The molecule has 1 heterocycles. The van der Waals surface area contributed by atoms with Crippen LogP contribution in [-0.4, -0.2) is 76.7 Å². The first kappa shape index (κ1) is 20.6. The Morgan fingerprint density at radius 1 is 1.31 bits per heavy atom. The number of benzene rings is 1. The second kappa shape index (κ2) is 8.78. The zero-order valence-electron chi connectivity index (χ0n) is 14.3. The van der Waals surface area contributed by atoms with Gasteiger partial charge < -0.3 is 14.4 Å². The van der Waals surface area contributed by atoms with Gasteiger partial charge in [0.15, 0.2) is 6.61 Å². The molecule has 1 amide bonds. The van der Waals surface area contributed by atoms with Crippen LogP contribution in [0.15, 0.2) is 23.1 Å². The van der Waals surface area contributed by atoms with E-state index in [-0.39, 0.29) is 21.4 Å². The van der Waals surface area contributed by atoms with Crippen LogP contribution in [0, 0.1) is 0 Å². The zero-order valence-corrected chi connectivity index (χ0v) is 15.9. The van der Waals surface area contributed by atoms with Gasteiger partial charge in [0.2, 0.25) is 0 Å². The Labute approximate surface area is 156 Å². The summed E-state index contributed by atoms with van der Waals surface area (Å²) in [6.45, 7) is 1.24. The van der Waals surface area contributed by atoms with Crippen LogP contribution in [0.4, 0.5) is 0 Å². The Morgan fingerprint density at radius 2 is 1.96 bits per heavy atom. The fourth-order valence-electron chi connectivity index (χ4n) is 2.18. The van der Waals surface area contributed by atoms with Crippen LogP contribution in [0.5, 0.6) is 0 Å². The van der Waals surface area contributed by atoms with Crippen molar-refractivity contribution in [2.45, 2.75) is 4.90 Å². The number of halogens is 1. The van der Waals surface area contributed by atoms with Gasteiger partial charge in [-0.2, -0.15) is 0 Å². The minimum atomic E-state index is -3.95. The third-order valence-corrected chi connectivity index (χ3v) is 5.75. The number of sulfonamides is 1. The Balaban J connectivity index is 2.11. The number of hydrogen-bond acceptors (Lipinski definition) is 7. The Kier molecular flexibility index (Phi) is 6.95. The lowest BCUT2D eigenvalue weighted by molar-refractivity contribution is -0.138. The number of rotatable bonds is 6. The molecule has 0 radical (unpaired) electrons. The number of amides is 1. The van der Waals surface area contributed by atoms with Gasteiger partial charge in [-0.15, -0.1) is 0 Å². The van der Waals surface area contributed by atoms with Gasteiger partial charge in [0.25, 0.3) is 15.9 Å². The third kappa shape index (κ3) is 4.71. The Morgan fingerprint density at radius 3 is 2.58 bits per heavy atom. The number of morpholine rings is 1. The molecule has 0 N–H and O–H groups in total. The van der Waals surface area contributed by atoms with Gasteiger partial charge in [-0.25, -0.2) is 13.2 Å². The van der Waals surface area contributed by atoms with Gasteiger partial charge in [0, 0.05) is 20.1 Å². The van der Waals surface area contributed by atoms with Gasteiger partial charge in [-0.3, -0.25) is 9.63 Å². The maximum Gasteiger partial charge on any atom is 0.340 e. The van der Waals surface area contributed by atoms with Crippen molar-refractivity contribution >= 4 is 33.5 Å². The lowest BCUT2D eigenvalue weighted by Gasteiger charge is -2.26. The molecule has 1 fully saturated rings. The summed E-state index contributed by atoms with van der Waals surface area (Å²) in [5.41, 5.74) is -0.160. The molecule has 1 aromatic carbocycles. The average molecular weight is 407 g/mol. The van der Waals surface area contributed by atoms with E-state index in [1.165, 1.54) is 31.2 Å². The SMILES string of the molecule is CON(C)S(=O)(=O)c1ccc(Cl)c(C(=O)OCC(=O)N2CCOCC2)c1. The highest BCUT2D eigenvalue weighted by Crippen LogP contribution is 2.23. The zero-order chi connectivity index (χ0) is 19.3. The van der Waals surface area contributed by atoms with Crippen LogP contribution in [-0.2, 0) is 29.1 Å². The summed E-state index contributed by atoms with van der Waals surface area (Å²) in [6, 6.07) is 3.58. The molecular formula is C15H19ClN2O7S. The summed E-state index contributed by atoms with van der Waals surface area (Å²) in [5, 5.41) is 0.00726. The molecule has 1 saturated heterocycles. The fourth-order valence-corrected chi connectivity index (χ4v) is 3.37. The summed E-state index contributed by atoms with van der Waals surface area (Å²) >= 11 is 5.97. The molecule has 1 aliphatic rings. The quantitative estimate of drug-likeness (QED) is 0.501. The number of esters is 1. The van der Waals surface area contributed by atoms with E-state index in [0.29, 0.717) is 30.8 Å². The smallest absolute Gasteiger partial charge is 0.340 e. The fraction of sp³-hybridized carbons (Fsp3) is 0.467. The van der Waals surface area contributed by atoms with E-state index in [4.69, 9.17) is 21.1 Å². The third-order valence-electron chi connectivity index (χ3n) is 3.74.